The quantitative estimate of drug-likeness (QED) is 0.478. The van der Waals surface area contributed by atoms with Crippen LogP contribution in [0.15, 0.2) is 0 Å². The average molecular weight is 151 g/mol. The minimum Gasteiger partial charge on any atom is -0.377 e. The monoisotopic (exact) mass is 151 g/mol. The molecule has 0 atom stereocenters. The Bertz CT molecular complexity index is 103. The van der Waals surface area contributed by atoms with E-state index in [2.05, 4.69) is 28.8 Å². The Labute approximate surface area is 71.2 Å². The van der Waals surface area contributed by atoms with Crippen molar-refractivity contribution in [2.24, 2.45) is 0 Å². The van der Waals surface area contributed by atoms with Gasteiger partial charge in [-0.1, -0.05) is 13.8 Å². The lowest BCUT2D eigenvalue weighted by molar-refractivity contribution is 0.436. The van der Waals surface area contributed by atoms with Crippen molar-refractivity contribution >= 4 is 22.6 Å². The highest BCUT2D eigenvalue weighted by Crippen LogP contribution is 2.04. The van der Waals surface area contributed by atoms with Crippen molar-refractivity contribution in [3.63, 3.8) is 0 Å². The molecule has 1 saturated heterocycles. The topological polar surface area (TPSA) is 27.3 Å². The molecule has 0 radical (unpaired) electrons. The summed E-state index contributed by atoms with van der Waals surface area (Å²) in [6.07, 6.45) is 2.50. The van der Waals surface area contributed by atoms with E-state index in [0.717, 1.165) is 28.7 Å². The second-order valence-electron chi connectivity index (χ2n) is 3.05. The smallest absolute Gasteiger partial charge is 0.268 e. The third kappa shape index (κ3) is 2.54. The Balaban J connectivity index is 2.30. The zero-order valence-corrected chi connectivity index (χ0v) is 7.56. The van der Waals surface area contributed by atoms with Crippen molar-refractivity contribution in [1.29, 1.82) is 0 Å². The minimum atomic E-state index is 0.746. The van der Waals surface area contributed by atoms with Gasteiger partial charge in [0.2, 0.25) is 0 Å². The standard InChI is InChI=1S/C5H16B3N3/c1-3-5(4-2)11-7-9-6-10-8-11/h5-10H,3-4H2,1-2H3. The van der Waals surface area contributed by atoms with Crippen LogP contribution in [0.3, 0.4) is 0 Å². The van der Waals surface area contributed by atoms with Gasteiger partial charge in [-0.15, -0.1) is 0 Å². The molecule has 0 spiro atoms. The molecule has 6 heteroatoms. The van der Waals surface area contributed by atoms with Crippen molar-refractivity contribution in [3.05, 3.63) is 0 Å². The van der Waals surface area contributed by atoms with Crippen molar-refractivity contribution < 1.29 is 0 Å². The second-order valence-corrected chi connectivity index (χ2v) is 3.05. The summed E-state index contributed by atoms with van der Waals surface area (Å²) < 4.78 is 2.45. The molecule has 0 aliphatic carbocycles. The Hall–Kier alpha value is 0.0748. The van der Waals surface area contributed by atoms with Gasteiger partial charge in [-0.2, -0.15) is 0 Å². The lowest BCUT2D eigenvalue weighted by Crippen LogP contribution is -2.60. The summed E-state index contributed by atoms with van der Waals surface area (Å²) >= 11 is 0. The van der Waals surface area contributed by atoms with E-state index >= 15 is 0 Å². The number of nitrogens with zero attached hydrogens (tertiary/aromatic N) is 1. The van der Waals surface area contributed by atoms with Crippen molar-refractivity contribution in [2.75, 3.05) is 0 Å². The van der Waals surface area contributed by atoms with Crippen LogP contribution in [0, 0.1) is 0 Å². The predicted octanol–water partition coefficient (Wildman–Crippen LogP) is -1.53. The number of nitrogens with one attached hydrogen (secondary N) is 2. The van der Waals surface area contributed by atoms with Crippen LogP contribution >= 0.6 is 0 Å². The van der Waals surface area contributed by atoms with Gasteiger partial charge < -0.3 is 15.0 Å². The van der Waals surface area contributed by atoms with E-state index < -0.39 is 0 Å². The first kappa shape index (κ1) is 9.17. The van der Waals surface area contributed by atoms with E-state index in [0.29, 0.717) is 0 Å². The number of rotatable bonds is 3. The van der Waals surface area contributed by atoms with E-state index in [4.69, 9.17) is 0 Å². The molecule has 1 heterocycles. The molecule has 11 heavy (non-hydrogen) atoms. The Morgan fingerprint density at radius 3 is 2.18 bits per heavy atom. The summed E-state index contributed by atoms with van der Waals surface area (Å²) in [6, 6.07) is 0.746. The molecular formula is C5H16B3N3. The van der Waals surface area contributed by atoms with Gasteiger partial charge in [0.1, 0.15) is 0 Å². The van der Waals surface area contributed by atoms with Crippen LogP contribution in [-0.4, -0.2) is 33.4 Å². The van der Waals surface area contributed by atoms with Crippen molar-refractivity contribution in [3.8, 4) is 0 Å². The first-order valence-electron chi connectivity index (χ1n) is 4.54. The first-order valence-corrected chi connectivity index (χ1v) is 4.54. The molecule has 0 aromatic rings. The van der Waals surface area contributed by atoms with Gasteiger partial charge in [-0.3, -0.25) is 0 Å². The summed E-state index contributed by atoms with van der Waals surface area (Å²) in [5.74, 6) is 0. The second kappa shape index (κ2) is 4.85. The fourth-order valence-electron chi connectivity index (χ4n) is 1.61. The maximum Gasteiger partial charge on any atom is 0.268 e. The summed E-state index contributed by atoms with van der Waals surface area (Å²) in [7, 11) is 3.04. The molecule has 2 N–H and O–H groups in total. The zero-order chi connectivity index (χ0) is 8.10. The SMILES string of the molecule is CCC(CC)N1BNBNB1. The predicted molar refractivity (Wildman–Crippen MR) is 53.9 cm³/mol. The molecule has 0 saturated carbocycles. The van der Waals surface area contributed by atoms with Gasteiger partial charge in [0.15, 0.2) is 0 Å². The van der Waals surface area contributed by atoms with E-state index in [1.165, 1.54) is 12.8 Å². The molecule has 0 unspecified atom stereocenters. The van der Waals surface area contributed by atoms with Gasteiger partial charge in [0.05, 0.1) is 0 Å². The molecule has 1 rings (SSSR count). The van der Waals surface area contributed by atoms with Crippen molar-refractivity contribution in [2.45, 2.75) is 32.7 Å². The molecular weight excluding hydrogens is 135 g/mol. The Kier molecular flexibility index (Phi) is 4.04. The third-order valence-electron chi connectivity index (χ3n) is 2.34. The molecule has 0 amide bonds. The van der Waals surface area contributed by atoms with Crippen LogP contribution in [0.1, 0.15) is 26.7 Å². The molecule has 0 bridgehead atoms. The largest absolute Gasteiger partial charge is 0.377 e. The zero-order valence-electron chi connectivity index (χ0n) is 7.56. The fourth-order valence-corrected chi connectivity index (χ4v) is 1.61. The van der Waals surface area contributed by atoms with Crippen LogP contribution in [0.2, 0.25) is 0 Å². The first-order chi connectivity index (χ1) is 5.38. The number of hydrogen-bond acceptors (Lipinski definition) is 3. The molecule has 3 nitrogen and oxygen atoms in total. The molecule has 1 aliphatic heterocycles. The lowest BCUT2D eigenvalue weighted by Gasteiger charge is -2.32. The van der Waals surface area contributed by atoms with E-state index in [1.807, 2.05) is 0 Å². The van der Waals surface area contributed by atoms with Gasteiger partial charge in [0, 0.05) is 0 Å². The van der Waals surface area contributed by atoms with Crippen LogP contribution in [-0.2, 0) is 0 Å². The van der Waals surface area contributed by atoms with E-state index in [-0.39, 0.29) is 0 Å². The van der Waals surface area contributed by atoms with Crippen molar-refractivity contribution in [1.82, 2.24) is 15.0 Å². The Morgan fingerprint density at radius 1 is 1.18 bits per heavy atom. The minimum absolute atomic E-state index is 0.746. The molecule has 0 aromatic heterocycles. The third-order valence-corrected chi connectivity index (χ3v) is 2.34. The van der Waals surface area contributed by atoms with Gasteiger partial charge >= 0.3 is 0 Å². The van der Waals surface area contributed by atoms with Gasteiger partial charge in [0.25, 0.3) is 22.6 Å². The Morgan fingerprint density at radius 2 is 1.73 bits per heavy atom. The molecule has 0 aromatic carbocycles. The highest BCUT2D eigenvalue weighted by Gasteiger charge is 2.19. The summed E-state index contributed by atoms with van der Waals surface area (Å²) in [6.45, 7) is 4.51. The summed E-state index contributed by atoms with van der Waals surface area (Å²) in [5.41, 5.74) is 0. The highest BCUT2D eigenvalue weighted by molar-refractivity contribution is 6.65. The summed E-state index contributed by atoms with van der Waals surface area (Å²) in [4.78, 5) is 0. The van der Waals surface area contributed by atoms with Crippen LogP contribution in [0.25, 0.3) is 0 Å². The molecule has 60 valence electrons. The van der Waals surface area contributed by atoms with Crippen LogP contribution in [0.5, 0.6) is 0 Å². The molecule has 1 aliphatic rings. The summed E-state index contributed by atoms with van der Waals surface area (Å²) in [5, 5.41) is 6.60. The average Bonchev–Trinajstić information content (AvgIpc) is 2.09. The van der Waals surface area contributed by atoms with Crippen LogP contribution < -0.4 is 10.3 Å². The maximum atomic E-state index is 3.30. The molecule has 1 fully saturated rings. The van der Waals surface area contributed by atoms with Gasteiger partial charge in [-0.25, -0.2) is 0 Å². The highest BCUT2D eigenvalue weighted by atomic mass is 15.1. The number of hydrogen-bond donors (Lipinski definition) is 2. The van der Waals surface area contributed by atoms with E-state index in [9.17, 15) is 0 Å². The lowest BCUT2D eigenvalue weighted by atomic mass is 9.78. The normalized spacial score (nSPS) is 18.8. The van der Waals surface area contributed by atoms with E-state index in [1.54, 1.807) is 0 Å². The van der Waals surface area contributed by atoms with Crippen LogP contribution in [0.4, 0.5) is 0 Å². The van der Waals surface area contributed by atoms with Gasteiger partial charge in [-0.05, 0) is 18.9 Å². The maximum absolute atomic E-state index is 3.30. The fraction of sp³-hybridized carbons (Fsp3) is 1.00.